The number of carbonyl (C=O) groups excluding carboxylic acids is 1. The fourth-order valence-electron chi connectivity index (χ4n) is 4.31. The molecular weight excluding hydrogens is 402 g/mol. The van der Waals surface area contributed by atoms with Crippen LogP contribution in [0.2, 0.25) is 0 Å². The van der Waals surface area contributed by atoms with Crippen molar-refractivity contribution in [1.29, 1.82) is 0 Å². The minimum atomic E-state index is -0.264. The molecule has 1 aliphatic heterocycles. The van der Waals surface area contributed by atoms with Crippen molar-refractivity contribution >= 4 is 5.91 Å². The molecule has 1 aliphatic rings. The van der Waals surface area contributed by atoms with Crippen molar-refractivity contribution in [3.05, 3.63) is 95.1 Å². The third-order valence-corrected chi connectivity index (χ3v) is 6.05. The highest BCUT2D eigenvalue weighted by Gasteiger charge is 2.42. The van der Waals surface area contributed by atoms with Crippen LogP contribution in [0.4, 0.5) is 0 Å². The normalized spacial score (nSPS) is 15.4. The first-order chi connectivity index (χ1) is 15.6. The van der Waals surface area contributed by atoms with E-state index in [2.05, 4.69) is 48.3 Å². The summed E-state index contributed by atoms with van der Waals surface area (Å²) in [4.78, 5) is 15.3. The van der Waals surface area contributed by atoms with Gasteiger partial charge in [-0.2, -0.15) is 5.10 Å². The van der Waals surface area contributed by atoms with Gasteiger partial charge in [-0.1, -0.05) is 38.1 Å². The topological polar surface area (TPSA) is 71.4 Å². The predicted octanol–water partition coefficient (Wildman–Crippen LogP) is 5.55. The van der Waals surface area contributed by atoms with E-state index in [1.54, 1.807) is 13.4 Å². The van der Waals surface area contributed by atoms with Crippen LogP contribution in [0.15, 0.2) is 71.3 Å². The fourth-order valence-corrected chi connectivity index (χ4v) is 4.31. The van der Waals surface area contributed by atoms with Crippen molar-refractivity contribution in [3.63, 3.8) is 0 Å². The second-order valence-corrected chi connectivity index (χ2v) is 8.33. The Bertz CT molecular complexity index is 1220. The van der Waals surface area contributed by atoms with Crippen molar-refractivity contribution in [1.82, 2.24) is 15.1 Å². The molecule has 5 rings (SSSR count). The maximum absolute atomic E-state index is 13.4. The summed E-state index contributed by atoms with van der Waals surface area (Å²) in [5.74, 6) is 1.87. The third kappa shape index (κ3) is 3.38. The second-order valence-electron chi connectivity index (χ2n) is 8.33. The van der Waals surface area contributed by atoms with Crippen LogP contribution in [-0.4, -0.2) is 28.1 Å². The van der Waals surface area contributed by atoms with Gasteiger partial charge in [0, 0.05) is 11.1 Å². The lowest BCUT2D eigenvalue weighted by atomic mass is 9.93. The highest BCUT2D eigenvalue weighted by molar-refractivity contribution is 6.00. The van der Waals surface area contributed by atoms with Gasteiger partial charge in [0.2, 0.25) is 0 Å². The largest absolute Gasteiger partial charge is 0.497 e. The molecule has 3 heterocycles. The number of carbonyl (C=O) groups is 1. The number of amides is 1. The molecule has 0 bridgehead atoms. The van der Waals surface area contributed by atoms with E-state index >= 15 is 0 Å². The van der Waals surface area contributed by atoms with E-state index in [0.717, 1.165) is 33.9 Å². The molecule has 0 radical (unpaired) electrons. The zero-order valence-electron chi connectivity index (χ0n) is 18.3. The van der Waals surface area contributed by atoms with E-state index in [1.807, 2.05) is 41.3 Å². The SMILES string of the molecule is COc1ccc(-c2n[nH]c3c2C(c2ccc(C(C)C)cc2)N(Cc2ccco2)C3=O)cc1. The summed E-state index contributed by atoms with van der Waals surface area (Å²) in [6, 6.07) is 19.7. The Hall–Kier alpha value is -3.80. The van der Waals surface area contributed by atoms with Gasteiger partial charge < -0.3 is 14.1 Å². The second kappa shape index (κ2) is 8.04. The Morgan fingerprint density at radius 1 is 1.09 bits per heavy atom. The van der Waals surface area contributed by atoms with E-state index in [4.69, 9.17) is 9.15 Å². The lowest BCUT2D eigenvalue weighted by Crippen LogP contribution is -2.29. The standard InChI is InChI=1S/C26H25N3O3/c1-16(2)17-6-8-19(9-7-17)25-22-23(18-10-12-20(31-3)13-11-18)27-28-24(22)26(30)29(25)15-21-5-4-14-32-21/h4-14,16,25H,15H2,1-3H3,(H,27,28). The first-order valence-electron chi connectivity index (χ1n) is 10.7. The molecule has 162 valence electrons. The van der Waals surface area contributed by atoms with Crippen LogP contribution >= 0.6 is 0 Å². The molecule has 1 unspecified atom stereocenters. The highest BCUT2D eigenvalue weighted by atomic mass is 16.5. The van der Waals surface area contributed by atoms with Gasteiger partial charge in [-0.15, -0.1) is 0 Å². The average molecular weight is 428 g/mol. The number of methoxy groups -OCH3 is 1. The summed E-state index contributed by atoms with van der Waals surface area (Å²) >= 11 is 0. The molecule has 0 saturated carbocycles. The lowest BCUT2D eigenvalue weighted by molar-refractivity contribution is 0.0717. The predicted molar refractivity (Wildman–Crippen MR) is 122 cm³/mol. The number of nitrogens with one attached hydrogen (secondary N) is 1. The number of nitrogens with zero attached hydrogens (tertiary/aromatic N) is 2. The van der Waals surface area contributed by atoms with E-state index in [0.29, 0.717) is 18.2 Å². The fraction of sp³-hybridized carbons (Fsp3) is 0.231. The number of fused-ring (bicyclic) bond motifs is 1. The highest BCUT2D eigenvalue weighted by Crippen LogP contribution is 2.43. The Morgan fingerprint density at radius 2 is 1.84 bits per heavy atom. The summed E-state index contributed by atoms with van der Waals surface area (Å²) < 4.78 is 10.9. The first kappa shape index (κ1) is 20.1. The quantitative estimate of drug-likeness (QED) is 0.438. The van der Waals surface area contributed by atoms with E-state index < -0.39 is 0 Å². The van der Waals surface area contributed by atoms with Gasteiger partial charge in [-0.05, 0) is 53.4 Å². The summed E-state index contributed by atoms with van der Waals surface area (Å²) in [7, 11) is 1.64. The van der Waals surface area contributed by atoms with Crippen LogP contribution in [0.1, 0.15) is 58.7 Å². The van der Waals surface area contributed by atoms with Gasteiger partial charge in [-0.3, -0.25) is 9.89 Å². The van der Waals surface area contributed by atoms with Gasteiger partial charge in [0.05, 0.1) is 31.7 Å². The molecule has 1 N–H and O–H groups in total. The van der Waals surface area contributed by atoms with Crippen molar-refractivity contribution in [2.75, 3.05) is 7.11 Å². The smallest absolute Gasteiger partial charge is 0.273 e. The number of hydrogen-bond acceptors (Lipinski definition) is 4. The zero-order valence-corrected chi connectivity index (χ0v) is 18.3. The van der Waals surface area contributed by atoms with E-state index in [-0.39, 0.29) is 11.9 Å². The van der Waals surface area contributed by atoms with Crippen LogP contribution < -0.4 is 4.74 Å². The molecular formula is C26H25N3O3. The van der Waals surface area contributed by atoms with Gasteiger partial charge in [0.15, 0.2) is 0 Å². The maximum atomic E-state index is 13.4. The first-order valence-corrected chi connectivity index (χ1v) is 10.7. The van der Waals surface area contributed by atoms with Crippen LogP contribution in [-0.2, 0) is 6.54 Å². The summed E-state index contributed by atoms with van der Waals surface area (Å²) in [6.45, 7) is 4.73. The molecule has 6 heteroatoms. The number of H-pyrrole nitrogens is 1. The van der Waals surface area contributed by atoms with Crippen LogP contribution in [0.3, 0.4) is 0 Å². The number of aromatic nitrogens is 2. The molecule has 1 amide bonds. The molecule has 6 nitrogen and oxygen atoms in total. The molecule has 0 aliphatic carbocycles. The maximum Gasteiger partial charge on any atom is 0.273 e. The summed E-state index contributed by atoms with van der Waals surface area (Å²) in [6.07, 6.45) is 1.63. The Kier molecular flexibility index (Phi) is 5.05. The Morgan fingerprint density at radius 3 is 2.47 bits per heavy atom. The average Bonchev–Trinajstić information content (AvgIpc) is 3.54. The van der Waals surface area contributed by atoms with Gasteiger partial charge in [0.1, 0.15) is 17.2 Å². The van der Waals surface area contributed by atoms with Crippen molar-refractivity contribution in [2.24, 2.45) is 0 Å². The number of aromatic amines is 1. The number of furan rings is 1. The number of benzene rings is 2. The third-order valence-electron chi connectivity index (χ3n) is 6.05. The summed E-state index contributed by atoms with van der Waals surface area (Å²) in [5, 5.41) is 7.53. The molecule has 0 fully saturated rings. The lowest BCUT2D eigenvalue weighted by Gasteiger charge is -2.26. The Balaban J connectivity index is 1.62. The van der Waals surface area contributed by atoms with Crippen LogP contribution in [0, 0.1) is 0 Å². The minimum Gasteiger partial charge on any atom is -0.497 e. The zero-order chi connectivity index (χ0) is 22.2. The van der Waals surface area contributed by atoms with Crippen LogP contribution in [0.25, 0.3) is 11.3 Å². The number of ether oxygens (including phenoxy) is 1. The van der Waals surface area contributed by atoms with Gasteiger partial charge in [0.25, 0.3) is 5.91 Å². The molecule has 0 spiro atoms. The van der Waals surface area contributed by atoms with Crippen molar-refractivity contribution in [2.45, 2.75) is 32.4 Å². The van der Waals surface area contributed by atoms with Gasteiger partial charge >= 0.3 is 0 Å². The molecule has 4 aromatic rings. The molecule has 32 heavy (non-hydrogen) atoms. The van der Waals surface area contributed by atoms with Crippen molar-refractivity contribution < 1.29 is 13.9 Å². The monoisotopic (exact) mass is 427 g/mol. The molecule has 2 aromatic carbocycles. The summed E-state index contributed by atoms with van der Waals surface area (Å²) in [5.41, 5.74) is 5.43. The minimum absolute atomic E-state index is 0.0819. The van der Waals surface area contributed by atoms with Crippen molar-refractivity contribution in [3.8, 4) is 17.0 Å². The number of hydrogen-bond donors (Lipinski definition) is 1. The van der Waals surface area contributed by atoms with E-state index in [1.165, 1.54) is 5.56 Å². The molecule has 2 aromatic heterocycles. The van der Waals surface area contributed by atoms with Gasteiger partial charge in [-0.25, -0.2) is 0 Å². The Labute approximate surface area is 186 Å². The number of rotatable bonds is 6. The molecule has 1 atom stereocenters. The van der Waals surface area contributed by atoms with E-state index in [9.17, 15) is 4.79 Å². The molecule has 0 saturated heterocycles. The van der Waals surface area contributed by atoms with Crippen LogP contribution in [0.5, 0.6) is 5.75 Å².